The summed E-state index contributed by atoms with van der Waals surface area (Å²) in [5, 5.41) is 15.8. The number of nitrogens with zero attached hydrogens (tertiary/aromatic N) is 4. The van der Waals surface area contributed by atoms with Gasteiger partial charge in [-0.1, -0.05) is 31.5 Å². The second kappa shape index (κ2) is 7.38. The van der Waals surface area contributed by atoms with Gasteiger partial charge in [0, 0.05) is 17.1 Å². The Morgan fingerprint density at radius 1 is 1.38 bits per heavy atom. The Kier molecular flexibility index (Phi) is 5.52. The lowest BCUT2D eigenvalue weighted by atomic mass is 10.1. The van der Waals surface area contributed by atoms with E-state index < -0.39 is 0 Å². The lowest BCUT2D eigenvalue weighted by Gasteiger charge is -2.13. The Balaban J connectivity index is 2.02. The predicted molar refractivity (Wildman–Crippen MR) is 81.1 cm³/mol. The van der Waals surface area contributed by atoms with Crippen molar-refractivity contribution >= 4 is 11.6 Å². The van der Waals surface area contributed by atoms with Crippen LogP contribution in [-0.4, -0.2) is 26.8 Å². The summed E-state index contributed by atoms with van der Waals surface area (Å²) in [4.78, 5) is 1.40. The monoisotopic (exact) mass is 309 g/mol. The molecule has 6 nitrogen and oxygen atoms in total. The summed E-state index contributed by atoms with van der Waals surface area (Å²) in [5.41, 5.74) is 0.948. The largest absolute Gasteiger partial charge is 0.485 e. The van der Waals surface area contributed by atoms with E-state index >= 15 is 0 Å². The van der Waals surface area contributed by atoms with Gasteiger partial charge in [0.05, 0.1) is 7.05 Å². The fourth-order valence-corrected chi connectivity index (χ4v) is 2.09. The van der Waals surface area contributed by atoms with E-state index in [0.717, 1.165) is 17.9 Å². The third-order valence-corrected chi connectivity index (χ3v) is 3.19. The Hall–Kier alpha value is -1.66. The number of nitrogens with one attached hydrogen (secondary N) is 1. The third kappa shape index (κ3) is 4.68. The molecule has 2 rings (SSSR count). The molecule has 0 aliphatic rings. The van der Waals surface area contributed by atoms with Crippen molar-refractivity contribution in [3.05, 3.63) is 34.6 Å². The lowest BCUT2D eigenvalue weighted by molar-refractivity contribution is 0.291. The second-order valence-corrected chi connectivity index (χ2v) is 5.63. The van der Waals surface area contributed by atoms with Crippen molar-refractivity contribution in [2.24, 2.45) is 13.0 Å². The minimum atomic E-state index is 0.269. The van der Waals surface area contributed by atoms with Gasteiger partial charge in [-0.15, -0.1) is 10.2 Å². The molecule has 1 aromatic carbocycles. The minimum Gasteiger partial charge on any atom is -0.485 e. The van der Waals surface area contributed by atoms with Crippen LogP contribution >= 0.6 is 11.6 Å². The van der Waals surface area contributed by atoms with Gasteiger partial charge in [0.1, 0.15) is 5.75 Å². The van der Waals surface area contributed by atoms with E-state index in [9.17, 15) is 0 Å². The van der Waals surface area contributed by atoms with Crippen LogP contribution in [0.4, 0.5) is 0 Å². The van der Waals surface area contributed by atoms with Gasteiger partial charge in [0.15, 0.2) is 6.61 Å². The molecule has 0 bridgehead atoms. The van der Waals surface area contributed by atoms with Crippen molar-refractivity contribution < 1.29 is 4.74 Å². The zero-order valence-electron chi connectivity index (χ0n) is 12.5. The second-order valence-electron chi connectivity index (χ2n) is 5.23. The SMILES string of the molecule is CC(C)CNCc1c(Cl)cccc1OCc1nnn(C)n1. The predicted octanol–water partition coefficient (Wildman–Crippen LogP) is 2.19. The lowest BCUT2D eigenvalue weighted by Crippen LogP contribution is -2.19. The summed E-state index contributed by atoms with van der Waals surface area (Å²) in [6.07, 6.45) is 0. The van der Waals surface area contributed by atoms with Crippen LogP contribution in [0.3, 0.4) is 0 Å². The van der Waals surface area contributed by atoms with Crippen molar-refractivity contribution in [1.82, 2.24) is 25.5 Å². The number of aryl methyl sites for hydroxylation is 1. The first-order valence-corrected chi connectivity index (χ1v) is 7.28. The molecule has 2 aromatic rings. The Morgan fingerprint density at radius 3 is 2.86 bits per heavy atom. The molecule has 0 atom stereocenters. The number of hydrogen-bond acceptors (Lipinski definition) is 5. The van der Waals surface area contributed by atoms with Gasteiger partial charge < -0.3 is 10.1 Å². The number of ether oxygens (including phenoxy) is 1. The highest BCUT2D eigenvalue weighted by Gasteiger charge is 2.10. The first-order chi connectivity index (χ1) is 10.1. The zero-order valence-corrected chi connectivity index (χ0v) is 13.3. The molecule has 0 amide bonds. The molecule has 1 N–H and O–H groups in total. The van der Waals surface area contributed by atoms with E-state index in [2.05, 4.69) is 34.6 Å². The summed E-state index contributed by atoms with van der Waals surface area (Å²) in [6, 6.07) is 5.63. The van der Waals surface area contributed by atoms with E-state index in [1.165, 1.54) is 4.80 Å². The summed E-state index contributed by atoms with van der Waals surface area (Å²) >= 11 is 6.26. The molecule has 0 fully saturated rings. The van der Waals surface area contributed by atoms with E-state index in [1.54, 1.807) is 7.05 Å². The van der Waals surface area contributed by atoms with Gasteiger partial charge in [-0.3, -0.25) is 0 Å². The summed E-state index contributed by atoms with van der Waals surface area (Å²) in [6.45, 7) is 6.19. The maximum atomic E-state index is 6.26. The number of benzene rings is 1. The Bertz CT molecular complexity index is 584. The molecular formula is C14H20ClN5O. The molecule has 0 saturated heterocycles. The van der Waals surface area contributed by atoms with Crippen LogP contribution in [0.15, 0.2) is 18.2 Å². The van der Waals surface area contributed by atoms with Gasteiger partial charge >= 0.3 is 0 Å². The quantitative estimate of drug-likeness (QED) is 0.849. The van der Waals surface area contributed by atoms with Gasteiger partial charge in [0.2, 0.25) is 5.82 Å². The number of hydrogen-bond donors (Lipinski definition) is 1. The standard InChI is InChI=1S/C14H20ClN5O/c1-10(2)7-16-8-11-12(15)5-4-6-13(11)21-9-14-17-19-20(3)18-14/h4-6,10,16H,7-9H2,1-3H3. The van der Waals surface area contributed by atoms with Crippen LogP contribution in [0.5, 0.6) is 5.75 Å². The molecule has 0 radical (unpaired) electrons. The Labute approximate surface area is 129 Å². The molecule has 21 heavy (non-hydrogen) atoms. The molecule has 0 aliphatic heterocycles. The van der Waals surface area contributed by atoms with Crippen molar-refractivity contribution in [3.63, 3.8) is 0 Å². The molecule has 114 valence electrons. The molecule has 1 aromatic heterocycles. The fraction of sp³-hybridized carbons (Fsp3) is 0.500. The number of aromatic nitrogens is 4. The topological polar surface area (TPSA) is 64.9 Å². The first-order valence-electron chi connectivity index (χ1n) is 6.90. The van der Waals surface area contributed by atoms with Crippen LogP contribution in [-0.2, 0) is 20.2 Å². The smallest absolute Gasteiger partial charge is 0.212 e. The number of tetrazole rings is 1. The van der Waals surface area contributed by atoms with Gasteiger partial charge in [-0.05, 0) is 29.8 Å². The van der Waals surface area contributed by atoms with Crippen LogP contribution < -0.4 is 10.1 Å². The van der Waals surface area contributed by atoms with Gasteiger partial charge in [-0.25, -0.2) is 0 Å². The van der Waals surface area contributed by atoms with E-state index in [-0.39, 0.29) is 6.61 Å². The van der Waals surface area contributed by atoms with Crippen molar-refractivity contribution in [2.45, 2.75) is 27.0 Å². The van der Waals surface area contributed by atoms with E-state index in [1.807, 2.05) is 18.2 Å². The summed E-state index contributed by atoms with van der Waals surface area (Å²) < 4.78 is 5.77. The van der Waals surface area contributed by atoms with Gasteiger partial charge in [-0.2, -0.15) is 4.80 Å². The third-order valence-electron chi connectivity index (χ3n) is 2.84. The average molecular weight is 310 g/mol. The highest BCUT2D eigenvalue weighted by atomic mass is 35.5. The molecule has 0 saturated carbocycles. The molecule has 0 aliphatic carbocycles. The number of halogens is 1. The molecular weight excluding hydrogens is 290 g/mol. The van der Waals surface area contributed by atoms with Crippen molar-refractivity contribution in [1.29, 1.82) is 0 Å². The van der Waals surface area contributed by atoms with Crippen LogP contribution in [0.1, 0.15) is 25.2 Å². The van der Waals surface area contributed by atoms with E-state index in [4.69, 9.17) is 16.3 Å². The molecule has 0 spiro atoms. The highest BCUT2D eigenvalue weighted by molar-refractivity contribution is 6.31. The van der Waals surface area contributed by atoms with Crippen LogP contribution in [0.2, 0.25) is 5.02 Å². The van der Waals surface area contributed by atoms with Gasteiger partial charge in [0.25, 0.3) is 0 Å². The maximum absolute atomic E-state index is 6.26. The summed E-state index contributed by atoms with van der Waals surface area (Å²) in [5.74, 6) is 1.87. The molecule has 0 unspecified atom stereocenters. The fourth-order valence-electron chi connectivity index (χ4n) is 1.85. The Morgan fingerprint density at radius 2 is 2.19 bits per heavy atom. The van der Waals surface area contributed by atoms with Crippen LogP contribution in [0.25, 0.3) is 0 Å². The average Bonchev–Trinajstić information content (AvgIpc) is 2.84. The molecule has 7 heteroatoms. The maximum Gasteiger partial charge on any atom is 0.212 e. The normalized spacial score (nSPS) is 11.1. The molecule has 1 heterocycles. The van der Waals surface area contributed by atoms with Crippen molar-refractivity contribution in [3.8, 4) is 5.75 Å². The van der Waals surface area contributed by atoms with Crippen LogP contribution in [0, 0.1) is 5.92 Å². The first kappa shape index (κ1) is 15.7. The minimum absolute atomic E-state index is 0.269. The summed E-state index contributed by atoms with van der Waals surface area (Å²) in [7, 11) is 1.72. The number of rotatable bonds is 7. The van der Waals surface area contributed by atoms with Crippen molar-refractivity contribution in [2.75, 3.05) is 6.54 Å². The zero-order chi connectivity index (χ0) is 15.2. The highest BCUT2D eigenvalue weighted by Crippen LogP contribution is 2.26. The van der Waals surface area contributed by atoms with E-state index in [0.29, 0.717) is 23.3 Å².